The fraction of sp³-hybridized carbons (Fsp3) is 0.444. The number of hydrogen-bond donors (Lipinski definition) is 2. The summed E-state index contributed by atoms with van der Waals surface area (Å²) < 4.78 is 71.4. The standard InChI is InChI=1S/C18H18F5N3O3/c1-9-4-10(18(21,22)23)5-14(28)15(9)13-6-12(16(19)20)17(25-24-13)26-2-3-29-11(7-26)8-27/h4-6,11,16,27-28H,2-3,7-8H2,1H3/t11-/m0/s1. The van der Waals surface area contributed by atoms with Gasteiger partial charge < -0.3 is 19.8 Å². The predicted molar refractivity (Wildman–Crippen MR) is 92.9 cm³/mol. The molecule has 0 aliphatic carbocycles. The molecule has 1 aliphatic rings. The quantitative estimate of drug-likeness (QED) is 0.741. The van der Waals surface area contributed by atoms with Gasteiger partial charge >= 0.3 is 6.18 Å². The number of hydrogen-bond acceptors (Lipinski definition) is 6. The van der Waals surface area contributed by atoms with E-state index in [1.807, 2.05) is 0 Å². The smallest absolute Gasteiger partial charge is 0.416 e. The van der Waals surface area contributed by atoms with Crippen LogP contribution in [-0.4, -0.2) is 52.8 Å². The first-order valence-corrected chi connectivity index (χ1v) is 8.66. The number of aryl methyl sites for hydroxylation is 1. The molecule has 1 atom stereocenters. The van der Waals surface area contributed by atoms with Crippen molar-refractivity contribution in [1.29, 1.82) is 0 Å². The van der Waals surface area contributed by atoms with Crippen LogP contribution >= 0.6 is 0 Å². The third-order valence-corrected chi connectivity index (χ3v) is 4.58. The third-order valence-electron chi connectivity index (χ3n) is 4.58. The van der Waals surface area contributed by atoms with Gasteiger partial charge in [0.15, 0.2) is 5.82 Å². The highest BCUT2D eigenvalue weighted by Gasteiger charge is 2.33. The number of aliphatic hydroxyl groups excluding tert-OH is 1. The average Bonchev–Trinajstić information content (AvgIpc) is 2.66. The number of rotatable bonds is 4. The van der Waals surface area contributed by atoms with Crippen LogP contribution in [0.3, 0.4) is 0 Å². The van der Waals surface area contributed by atoms with E-state index in [0.717, 1.165) is 12.1 Å². The first-order valence-electron chi connectivity index (χ1n) is 8.66. The number of alkyl halides is 5. The zero-order chi connectivity index (χ0) is 21.3. The zero-order valence-electron chi connectivity index (χ0n) is 15.2. The van der Waals surface area contributed by atoms with Crippen molar-refractivity contribution in [3.8, 4) is 17.0 Å². The Balaban J connectivity index is 2.03. The number of ether oxygens (including phenoxy) is 1. The molecular weight excluding hydrogens is 401 g/mol. The summed E-state index contributed by atoms with van der Waals surface area (Å²) in [7, 11) is 0. The second kappa shape index (κ2) is 8.07. The van der Waals surface area contributed by atoms with E-state index in [4.69, 9.17) is 4.74 Å². The van der Waals surface area contributed by atoms with Crippen LogP contribution in [-0.2, 0) is 10.9 Å². The molecule has 1 saturated heterocycles. The predicted octanol–water partition coefficient (Wildman–Crippen LogP) is 3.31. The van der Waals surface area contributed by atoms with Gasteiger partial charge in [0.1, 0.15) is 5.75 Å². The summed E-state index contributed by atoms with van der Waals surface area (Å²) in [6.45, 7) is 1.63. The molecular formula is C18H18F5N3O3. The van der Waals surface area contributed by atoms with Crippen molar-refractivity contribution in [2.24, 2.45) is 0 Å². The second-order valence-corrected chi connectivity index (χ2v) is 6.62. The number of phenolic OH excluding ortho intramolecular Hbond substituents is 1. The second-order valence-electron chi connectivity index (χ2n) is 6.62. The normalized spacial score (nSPS) is 17.8. The van der Waals surface area contributed by atoms with Crippen LogP contribution in [0.2, 0.25) is 0 Å². The SMILES string of the molecule is Cc1cc(C(F)(F)F)cc(O)c1-c1cc(C(F)F)c(N2CCO[C@H](CO)C2)nn1. The van der Waals surface area contributed by atoms with Crippen LogP contribution < -0.4 is 4.90 Å². The Labute approximate surface area is 162 Å². The van der Waals surface area contributed by atoms with Gasteiger partial charge in [0.25, 0.3) is 6.43 Å². The maximum atomic E-state index is 13.7. The monoisotopic (exact) mass is 419 g/mol. The van der Waals surface area contributed by atoms with Crippen molar-refractivity contribution < 1.29 is 36.9 Å². The van der Waals surface area contributed by atoms with Crippen LogP contribution in [0.4, 0.5) is 27.8 Å². The minimum Gasteiger partial charge on any atom is -0.507 e. The lowest BCUT2D eigenvalue weighted by molar-refractivity contribution is -0.137. The van der Waals surface area contributed by atoms with E-state index in [2.05, 4.69) is 10.2 Å². The molecule has 1 fully saturated rings. The fourth-order valence-electron chi connectivity index (χ4n) is 3.22. The molecule has 3 rings (SSSR count). The maximum Gasteiger partial charge on any atom is 0.416 e. The molecule has 2 N–H and O–H groups in total. The van der Waals surface area contributed by atoms with Gasteiger partial charge in [0, 0.05) is 18.7 Å². The van der Waals surface area contributed by atoms with Gasteiger partial charge in [-0.2, -0.15) is 13.2 Å². The van der Waals surface area contributed by atoms with Crippen molar-refractivity contribution in [3.05, 3.63) is 34.9 Å². The highest BCUT2D eigenvalue weighted by molar-refractivity contribution is 5.72. The van der Waals surface area contributed by atoms with Gasteiger partial charge in [-0.05, 0) is 30.7 Å². The largest absolute Gasteiger partial charge is 0.507 e. The van der Waals surface area contributed by atoms with Crippen molar-refractivity contribution in [1.82, 2.24) is 10.2 Å². The Morgan fingerprint density at radius 3 is 2.55 bits per heavy atom. The van der Waals surface area contributed by atoms with E-state index in [1.54, 1.807) is 0 Å². The fourth-order valence-corrected chi connectivity index (χ4v) is 3.22. The molecule has 29 heavy (non-hydrogen) atoms. The number of phenols is 1. The Morgan fingerprint density at radius 1 is 1.24 bits per heavy atom. The first-order chi connectivity index (χ1) is 13.6. The summed E-state index contributed by atoms with van der Waals surface area (Å²) in [6, 6.07) is 2.33. The molecule has 0 bridgehead atoms. The lowest BCUT2D eigenvalue weighted by Crippen LogP contribution is -2.45. The van der Waals surface area contributed by atoms with E-state index in [-0.39, 0.29) is 48.9 Å². The molecule has 0 spiro atoms. The molecule has 1 aromatic heterocycles. The molecule has 0 radical (unpaired) electrons. The van der Waals surface area contributed by atoms with Gasteiger partial charge in [-0.1, -0.05) is 0 Å². The molecule has 0 saturated carbocycles. The van der Waals surface area contributed by atoms with Gasteiger partial charge in [-0.25, -0.2) is 8.78 Å². The van der Waals surface area contributed by atoms with E-state index in [0.29, 0.717) is 6.07 Å². The van der Waals surface area contributed by atoms with Crippen molar-refractivity contribution in [3.63, 3.8) is 0 Å². The van der Waals surface area contributed by atoms with Gasteiger partial charge in [-0.15, -0.1) is 10.2 Å². The number of nitrogens with zero attached hydrogens (tertiary/aromatic N) is 3. The van der Waals surface area contributed by atoms with Crippen LogP contribution in [0.25, 0.3) is 11.3 Å². The summed E-state index contributed by atoms with van der Waals surface area (Å²) in [4.78, 5) is 1.50. The van der Waals surface area contributed by atoms with Crippen molar-refractivity contribution in [2.45, 2.75) is 25.6 Å². The Kier molecular flexibility index (Phi) is 5.90. The van der Waals surface area contributed by atoms with Crippen LogP contribution in [0, 0.1) is 6.92 Å². The highest BCUT2D eigenvalue weighted by atomic mass is 19.4. The number of aromatic hydroxyl groups is 1. The lowest BCUT2D eigenvalue weighted by Gasteiger charge is -2.33. The molecule has 158 valence electrons. The lowest BCUT2D eigenvalue weighted by atomic mass is 9.99. The zero-order valence-corrected chi connectivity index (χ0v) is 15.2. The Hall–Kier alpha value is -2.53. The van der Waals surface area contributed by atoms with E-state index >= 15 is 0 Å². The number of benzene rings is 1. The topological polar surface area (TPSA) is 78.7 Å². The number of aliphatic hydroxyl groups is 1. The number of anilines is 1. The van der Waals surface area contributed by atoms with Gasteiger partial charge in [0.2, 0.25) is 0 Å². The number of morpholine rings is 1. The summed E-state index contributed by atoms with van der Waals surface area (Å²) in [5.41, 5.74) is -1.79. The summed E-state index contributed by atoms with van der Waals surface area (Å²) in [5.74, 6) is -0.833. The van der Waals surface area contributed by atoms with Crippen LogP contribution in [0.15, 0.2) is 18.2 Å². The van der Waals surface area contributed by atoms with E-state index in [1.165, 1.54) is 11.8 Å². The Bertz CT molecular complexity index is 869. The molecule has 1 aromatic carbocycles. The third kappa shape index (κ3) is 4.40. The number of halogens is 5. The molecule has 1 aliphatic heterocycles. The summed E-state index contributed by atoms with van der Waals surface area (Å²) >= 11 is 0. The minimum absolute atomic E-state index is 0.0197. The van der Waals surface area contributed by atoms with Crippen molar-refractivity contribution in [2.75, 3.05) is 31.2 Å². The minimum atomic E-state index is -4.66. The molecule has 2 aromatic rings. The molecule has 0 amide bonds. The first kappa shape index (κ1) is 21.2. The summed E-state index contributed by atoms with van der Waals surface area (Å²) in [5, 5.41) is 27.0. The van der Waals surface area contributed by atoms with Gasteiger partial charge in [-0.3, -0.25) is 0 Å². The molecule has 6 nitrogen and oxygen atoms in total. The van der Waals surface area contributed by atoms with Gasteiger partial charge in [0.05, 0.1) is 36.1 Å². The summed E-state index contributed by atoms with van der Waals surface area (Å²) in [6.07, 6.45) is -8.16. The molecule has 2 heterocycles. The molecule has 11 heteroatoms. The highest BCUT2D eigenvalue weighted by Crippen LogP contribution is 2.40. The number of aromatic nitrogens is 2. The molecule has 0 unspecified atom stereocenters. The maximum absolute atomic E-state index is 13.7. The average molecular weight is 419 g/mol. The van der Waals surface area contributed by atoms with Crippen LogP contribution in [0.1, 0.15) is 23.1 Å². The van der Waals surface area contributed by atoms with Crippen molar-refractivity contribution >= 4 is 5.82 Å². The van der Waals surface area contributed by atoms with E-state index in [9.17, 15) is 32.2 Å². The van der Waals surface area contributed by atoms with E-state index < -0.39 is 35.6 Å². The Morgan fingerprint density at radius 2 is 1.97 bits per heavy atom. The van der Waals surface area contributed by atoms with Crippen LogP contribution in [0.5, 0.6) is 5.75 Å².